The zero-order valence-corrected chi connectivity index (χ0v) is 10.2. The molecule has 5 heteroatoms. The second kappa shape index (κ2) is 4.01. The summed E-state index contributed by atoms with van der Waals surface area (Å²) in [4.78, 5) is 23.9. The fourth-order valence-electron chi connectivity index (χ4n) is 1.62. The van der Waals surface area contributed by atoms with Crippen molar-refractivity contribution in [3.05, 3.63) is 40.1 Å². The van der Waals surface area contributed by atoms with Gasteiger partial charge in [-0.15, -0.1) is 11.3 Å². The van der Waals surface area contributed by atoms with E-state index >= 15 is 0 Å². The Hall–Kier alpha value is -1.59. The first-order valence-electron chi connectivity index (χ1n) is 4.96. The van der Waals surface area contributed by atoms with Gasteiger partial charge in [0.25, 0.3) is 11.1 Å². The van der Waals surface area contributed by atoms with Gasteiger partial charge in [-0.05, 0) is 35.4 Å². The highest BCUT2D eigenvalue weighted by molar-refractivity contribution is 8.18. The van der Waals surface area contributed by atoms with Crippen molar-refractivity contribution in [2.45, 2.75) is 0 Å². The average Bonchev–Trinajstić information content (AvgIpc) is 2.82. The van der Waals surface area contributed by atoms with Crippen LogP contribution in [0, 0.1) is 0 Å². The van der Waals surface area contributed by atoms with Crippen LogP contribution in [0.5, 0.6) is 0 Å². The molecule has 2 aromatic rings. The predicted octanol–water partition coefficient (Wildman–Crippen LogP) is 3.23. The van der Waals surface area contributed by atoms with E-state index in [1.807, 2.05) is 30.3 Å². The summed E-state index contributed by atoms with van der Waals surface area (Å²) in [7, 11) is 0. The summed E-state index contributed by atoms with van der Waals surface area (Å²) in [5.41, 5.74) is 0. The first-order valence-corrected chi connectivity index (χ1v) is 6.59. The molecule has 2 heterocycles. The summed E-state index contributed by atoms with van der Waals surface area (Å²) in [5, 5.41) is 3.09. The van der Waals surface area contributed by atoms with Crippen LogP contribution in [0.4, 0.5) is 4.79 Å². The fourth-order valence-corrected chi connectivity index (χ4v) is 3.38. The molecule has 0 aliphatic carbocycles. The molecule has 1 fully saturated rings. The zero-order valence-electron chi connectivity index (χ0n) is 8.60. The van der Waals surface area contributed by atoms with Crippen molar-refractivity contribution in [2.75, 3.05) is 0 Å². The first kappa shape index (κ1) is 10.6. The van der Waals surface area contributed by atoms with E-state index < -0.39 is 0 Å². The van der Waals surface area contributed by atoms with Gasteiger partial charge < -0.3 is 0 Å². The van der Waals surface area contributed by atoms with Crippen LogP contribution >= 0.6 is 23.1 Å². The largest absolute Gasteiger partial charge is 0.290 e. The highest BCUT2D eigenvalue weighted by Gasteiger charge is 2.25. The minimum absolute atomic E-state index is 0.303. The number of thiophene rings is 1. The van der Waals surface area contributed by atoms with Gasteiger partial charge in [-0.2, -0.15) is 0 Å². The molecule has 0 atom stereocenters. The minimum atomic E-state index is -0.308. The van der Waals surface area contributed by atoms with Gasteiger partial charge in [-0.25, -0.2) is 0 Å². The number of imide groups is 1. The summed E-state index contributed by atoms with van der Waals surface area (Å²) < 4.78 is 1.18. The molecule has 1 saturated heterocycles. The Morgan fingerprint density at radius 3 is 2.71 bits per heavy atom. The molecule has 84 valence electrons. The zero-order chi connectivity index (χ0) is 11.8. The molecular formula is C12H7NO2S2. The fraction of sp³-hybridized carbons (Fsp3) is 0. The Kier molecular flexibility index (Phi) is 2.49. The highest BCUT2D eigenvalue weighted by Crippen LogP contribution is 2.31. The van der Waals surface area contributed by atoms with Crippen molar-refractivity contribution in [3.8, 4) is 0 Å². The van der Waals surface area contributed by atoms with E-state index in [0.29, 0.717) is 4.91 Å². The number of amides is 2. The topological polar surface area (TPSA) is 46.2 Å². The van der Waals surface area contributed by atoms with Crippen molar-refractivity contribution < 1.29 is 9.59 Å². The molecule has 0 saturated carbocycles. The molecule has 17 heavy (non-hydrogen) atoms. The maximum Gasteiger partial charge on any atom is 0.290 e. The molecule has 2 amide bonds. The monoisotopic (exact) mass is 261 g/mol. The molecule has 3 nitrogen and oxygen atoms in total. The Bertz CT molecular complexity index is 624. The lowest BCUT2D eigenvalue weighted by atomic mass is 10.2. The van der Waals surface area contributed by atoms with Crippen LogP contribution in [-0.2, 0) is 4.79 Å². The van der Waals surface area contributed by atoms with E-state index in [1.54, 1.807) is 17.4 Å². The normalized spacial score (nSPS) is 18.0. The molecule has 1 aliphatic rings. The van der Waals surface area contributed by atoms with Crippen molar-refractivity contribution >= 4 is 50.4 Å². The summed E-state index contributed by atoms with van der Waals surface area (Å²) >= 11 is 2.55. The van der Waals surface area contributed by atoms with Gasteiger partial charge in [0.05, 0.1) is 4.91 Å². The van der Waals surface area contributed by atoms with Gasteiger partial charge in [0, 0.05) is 9.58 Å². The quantitative estimate of drug-likeness (QED) is 0.802. The Balaban J connectivity index is 2.02. The number of carbonyl (C=O) groups excluding carboxylic acids is 2. The second-order valence-corrected chi connectivity index (χ2v) is 5.67. The van der Waals surface area contributed by atoms with Gasteiger partial charge in [0.1, 0.15) is 0 Å². The Labute approximate surface area is 106 Å². The average molecular weight is 261 g/mol. The molecule has 0 bridgehead atoms. The third-order valence-electron chi connectivity index (χ3n) is 2.36. The van der Waals surface area contributed by atoms with Gasteiger partial charge in [-0.1, -0.05) is 18.2 Å². The molecule has 3 rings (SSSR count). The van der Waals surface area contributed by atoms with Crippen molar-refractivity contribution in [1.82, 2.24) is 5.32 Å². The number of rotatable bonds is 1. The van der Waals surface area contributed by atoms with Crippen molar-refractivity contribution in [1.29, 1.82) is 0 Å². The number of carbonyl (C=O) groups is 2. The van der Waals surface area contributed by atoms with E-state index in [1.165, 1.54) is 4.70 Å². The van der Waals surface area contributed by atoms with E-state index in [2.05, 4.69) is 5.32 Å². The lowest BCUT2D eigenvalue weighted by Gasteiger charge is -1.87. The second-order valence-electron chi connectivity index (χ2n) is 3.54. The number of hydrogen-bond donors (Lipinski definition) is 1. The Morgan fingerprint density at radius 1 is 1.18 bits per heavy atom. The maximum absolute atomic E-state index is 11.4. The lowest BCUT2D eigenvalue weighted by Crippen LogP contribution is -2.17. The molecule has 0 spiro atoms. The molecular weight excluding hydrogens is 254 g/mol. The highest BCUT2D eigenvalue weighted by atomic mass is 32.2. The molecule has 0 radical (unpaired) electrons. The van der Waals surface area contributed by atoms with Gasteiger partial charge in [0.15, 0.2) is 0 Å². The smallest absolute Gasteiger partial charge is 0.282 e. The van der Waals surface area contributed by atoms with Crippen molar-refractivity contribution in [3.63, 3.8) is 0 Å². The summed E-state index contributed by atoms with van der Waals surface area (Å²) in [5.74, 6) is -0.308. The first-order chi connectivity index (χ1) is 8.22. The Morgan fingerprint density at radius 2 is 2.00 bits per heavy atom. The number of thioether (sulfide) groups is 1. The maximum atomic E-state index is 11.4. The van der Waals surface area contributed by atoms with Gasteiger partial charge in [0.2, 0.25) is 0 Å². The van der Waals surface area contributed by atoms with Crippen LogP contribution in [0.25, 0.3) is 16.2 Å². The molecule has 1 aromatic heterocycles. The molecule has 1 aliphatic heterocycles. The van der Waals surface area contributed by atoms with Gasteiger partial charge in [-0.3, -0.25) is 14.9 Å². The molecule has 0 unspecified atom stereocenters. The van der Waals surface area contributed by atoms with Gasteiger partial charge >= 0.3 is 0 Å². The third-order valence-corrected chi connectivity index (χ3v) is 4.23. The summed E-state index contributed by atoms with van der Waals surface area (Å²) in [6, 6.07) is 10.0. The minimum Gasteiger partial charge on any atom is -0.282 e. The molecule has 1 N–H and O–H groups in total. The van der Waals surface area contributed by atoms with Crippen LogP contribution in [0.2, 0.25) is 0 Å². The van der Waals surface area contributed by atoms with Crippen LogP contribution in [0.1, 0.15) is 4.88 Å². The third kappa shape index (κ3) is 1.99. The van der Waals surface area contributed by atoms with E-state index in [0.717, 1.165) is 22.0 Å². The lowest BCUT2D eigenvalue weighted by molar-refractivity contribution is -0.115. The number of benzene rings is 1. The van der Waals surface area contributed by atoms with Crippen LogP contribution < -0.4 is 5.32 Å². The van der Waals surface area contributed by atoms with Crippen molar-refractivity contribution in [2.24, 2.45) is 0 Å². The standard InChI is InChI=1S/C12H7NO2S2/c14-11-10(17-12(15)13-11)6-8-5-7-3-1-2-4-9(7)16-8/h1-6H,(H,13,14,15)/b10-6-. The van der Waals surface area contributed by atoms with Crippen LogP contribution in [0.15, 0.2) is 35.2 Å². The predicted molar refractivity (Wildman–Crippen MR) is 70.9 cm³/mol. The van der Waals surface area contributed by atoms with E-state index in [4.69, 9.17) is 0 Å². The summed E-state index contributed by atoms with van der Waals surface area (Å²) in [6.07, 6.45) is 1.76. The van der Waals surface area contributed by atoms with E-state index in [-0.39, 0.29) is 11.1 Å². The van der Waals surface area contributed by atoms with Crippen LogP contribution in [-0.4, -0.2) is 11.1 Å². The number of hydrogen-bond acceptors (Lipinski definition) is 4. The summed E-state index contributed by atoms with van der Waals surface area (Å²) in [6.45, 7) is 0. The SMILES string of the molecule is O=C1NC(=O)/C(=C/c2cc3ccccc3s2)S1. The van der Waals surface area contributed by atoms with E-state index in [9.17, 15) is 9.59 Å². The molecule has 1 aromatic carbocycles. The number of nitrogens with one attached hydrogen (secondary N) is 1. The number of fused-ring (bicyclic) bond motifs is 1. The van der Waals surface area contributed by atoms with Crippen LogP contribution in [0.3, 0.4) is 0 Å².